The van der Waals surface area contributed by atoms with Crippen LogP contribution in [0, 0.1) is 5.82 Å². The van der Waals surface area contributed by atoms with Crippen LogP contribution in [0.25, 0.3) is 0 Å². The van der Waals surface area contributed by atoms with E-state index >= 15 is 0 Å². The summed E-state index contributed by atoms with van der Waals surface area (Å²) in [5, 5.41) is 2.85. The van der Waals surface area contributed by atoms with E-state index in [0.29, 0.717) is 37.3 Å². The van der Waals surface area contributed by atoms with E-state index in [4.69, 9.17) is 16.4 Å². The van der Waals surface area contributed by atoms with Crippen molar-refractivity contribution in [3.05, 3.63) is 58.9 Å². The van der Waals surface area contributed by atoms with Crippen LogP contribution in [0.15, 0.2) is 47.5 Å². The number of ether oxygens (including phenoxy) is 1. The van der Waals surface area contributed by atoms with Gasteiger partial charge in [-0.25, -0.2) is 19.7 Å². The first-order chi connectivity index (χ1) is 15.6. The first-order valence-corrected chi connectivity index (χ1v) is 10.4. The molecule has 2 N–H and O–H groups in total. The number of amides is 1. The van der Waals surface area contributed by atoms with E-state index in [9.17, 15) is 22.4 Å². The smallest absolute Gasteiger partial charge is 0.406 e. The van der Waals surface area contributed by atoms with Gasteiger partial charge in [0.05, 0.1) is 17.3 Å². The molecule has 2 heterocycles. The number of carbonyl (C=O) groups excluding carboxylic acids is 1. The molecule has 2 aliphatic heterocycles. The topological polar surface area (TPSA) is 75.2 Å². The van der Waals surface area contributed by atoms with Gasteiger partial charge in [-0.15, -0.1) is 13.2 Å². The van der Waals surface area contributed by atoms with Gasteiger partial charge in [-0.3, -0.25) is 9.69 Å². The minimum atomic E-state index is -4.76. The van der Waals surface area contributed by atoms with E-state index in [1.54, 1.807) is 0 Å². The van der Waals surface area contributed by atoms with Gasteiger partial charge in [-0.2, -0.15) is 0 Å². The molecule has 33 heavy (non-hydrogen) atoms. The predicted octanol–water partition coefficient (Wildman–Crippen LogP) is 4.09. The van der Waals surface area contributed by atoms with Crippen molar-refractivity contribution in [3.63, 3.8) is 0 Å². The number of nitrogens with zero attached hydrogens (tertiary/aromatic N) is 2. The lowest BCUT2D eigenvalue weighted by Crippen LogP contribution is -2.46. The number of carbonyl (C=O) groups is 1. The van der Waals surface area contributed by atoms with Crippen LogP contribution in [0.3, 0.4) is 0 Å². The number of benzene rings is 2. The van der Waals surface area contributed by atoms with E-state index in [1.807, 2.05) is 4.90 Å². The number of hydroxylamine groups is 1. The number of alkyl halides is 3. The van der Waals surface area contributed by atoms with Gasteiger partial charge in [-0.05, 0) is 42.5 Å². The number of anilines is 1. The van der Waals surface area contributed by atoms with Crippen molar-refractivity contribution < 1.29 is 31.9 Å². The highest BCUT2D eigenvalue weighted by Crippen LogP contribution is 2.32. The number of halogens is 5. The highest BCUT2D eigenvalue weighted by molar-refractivity contribution is 6.33. The summed E-state index contributed by atoms with van der Waals surface area (Å²) in [6, 6.07) is 9.03. The summed E-state index contributed by atoms with van der Waals surface area (Å²) >= 11 is 5.98. The molecule has 2 aromatic carbocycles. The third-order valence-corrected chi connectivity index (χ3v) is 5.55. The van der Waals surface area contributed by atoms with Crippen LogP contribution in [-0.4, -0.2) is 48.4 Å². The Kier molecular flexibility index (Phi) is 6.46. The molecule has 0 unspecified atom stereocenters. The summed E-state index contributed by atoms with van der Waals surface area (Å²) in [6.45, 7) is 1.12. The minimum absolute atomic E-state index is 0.0909. The Hall–Kier alpha value is -2.89. The van der Waals surface area contributed by atoms with Gasteiger partial charge in [0.25, 0.3) is 0 Å². The number of amidine groups is 1. The molecule has 0 saturated carbocycles. The number of rotatable bonds is 5. The summed E-state index contributed by atoms with van der Waals surface area (Å²) < 4.78 is 54.1. The molecule has 0 aromatic heterocycles. The van der Waals surface area contributed by atoms with Gasteiger partial charge in [0.2, 0.25) is 5.91 Å². The van der Waals surface area contributed by atoms with Crippen LogP contribution in [0.5, 0.6) is 5.75 Å². The van der Waals surface area contributed by atoms with Crippen molar-refractivity contribution in [3.8, 4) is 5.75 Å². The third-order valence-electron chi connectivity index (χ3n) is 5.22. The van der Waals surface area contributed by atoms with E-state index in [1.165, 1.54) is 36.4 Å². The summed E-state index contributed by atoms with van der Waals surface area (Å²) in [6.07, 6.45) is -3.77. The Bertz CT molecular complexity index is 1050. The summed E-state index contributed by atoms with van der Waals surface area (Å²) in [4.78, 5) is 24.5. The number of nitrogens with one attached hydrogen (secondary N) is 2. The maximum atomic E-state index is 13.4. The first-order valence-electron chi connectivity index (χ1n) is 9.98. The number of aliphatic imine (C=N–C) groups is 1. The fourth-order valence-corrected chi connectivity index (χ4v) is 3.76. The van der Waals surface area contributed by atoms with Crippen molar-refractivity contribution >= 4 is 29.0 Å². The zero-order chi connectivity index (χ0) is 23.6. The number of hydrogen-bond donors (Lipinski definition) is 2. The Balaban J connectivity index is 1.32. The molecular weight excluding hydrogens is 468 g/mol. The Morgan fingerprint density at radius 2 is 1.91 bits per heavy atom. The number of likely N-dealkylation sites (tertiary alicyclic amines) is 1. The van der Waals surface area contributed by atoms with Crippen molar-refractivity contribution in [2.75, 3.05) is 25.0 Å². The van der Waals surface area contributed by atoms with E-state index in [2.05, 4.69) is 20.5 Å². The summed E-state index contributed by atoms with van der Waals surface area (Å²) in [7, 11) is 0. The maximum Gasteiger partial charge on any atom is 0.573 e. The largest absolute Gasteiger partial charge is 0.573 e. The third kappa shape index (κ3) is 5.92. The SMILES string of the molecule is O=C(CN1CCC2(CC1)N=C(c1ccc(OC(F)(F)F)cc1)NO2)Nc1cc(F)ccc1Cl. The Labute approximate surface area is 191 Å². The first kappa shape index (κ1) is 23.3. The molecule has 1 spiro atoms. The lowest BCUT2D eigenvalue weighted by molar-refractivity contribution is -0.274. The second kappa shape index (κ2) is 9.16. The van der Waals surface area contributed by atoms with Gasteiger partial charge in [0, 0.05) is 31.5 Å². The molecule has 4 rings (SSSR count). The van der Waals surface area contributed by atoms with E-state index in [-0.39, 0.29) is 28.9 Å². The van der Waals surface area contributed by atoms with Gasteiger partial charge >= 0.3 is 6.36 Å². The van der Waals surface area contributed by atoms with Gasteiger partial charge in [0.15, 0.2) is 11.6 Å². The fraction of sp³-hybridized carbons (Fsp3) is 0.333. The van der Waals surface area contributed by atoms with E-state index < -0.39 is 17.9 Å². The standard InChI is InChI=1S/C21H19ClF4N4O3/c22-16-6-3-14(23)11-17(16)27-18(31)12-30-9-7-20(8-10-30)28-19(29-33-20)13-1-4-15(5-2-13)32-21(24,25)26/h1-6,11H,7-10,12H2,(H,27,31)(H,28,29). The molecule has 0 atom stereocenters. The predicted molar refractivity (Wildman–Crippen MR) is 112 cm³/mol. The molecule has 0 aliphatic carbocycles. The molecule has 0 radical (unpaired) electrons. The Morgan fingerprint density at radius 3 is 2.58 bits per heavy atom. The van der Waals surface area contributed by atoms with Crippen LogP contribution in [0.1, 0.15) is 18.4 Å². The van der Waals surface area contributed by atoms with Crippen molar-refractivity contribution in [1.82, 2.24) is 10.4 Å². The molecular formula is C21H19ClF4N4O3. The van der Waals surface area contributed by atoms with Gasteiger partial charge in [-0.1, -0.05) is 11.6 Å². The summed E-state index contributed by atoms with van der Waals surface area (Å²) in [5.74, 6) is -0.752. The summed E-state index contributed by atoms with van der Waals surface area (Å²) in [5.41, 5.74) is 2.67. The lowest BCUT2D eigenvalue weighted by atomic mass is 10.0. The average Bonchev–Trinajstić information content (AvgIpc) is 3.16. The molecule has 1 amide bonds. The van der Waals surface area contributed by atoms with Crippen LogP contribution in [0.2, 0.25) is 5.02 Å². The van der Waals surface area contributed by atoms with Crippen LogP contribution < -0.4 is 15.5 Å². The molecule has 7 nitrogen and oxygen atoms in total. The Morgan fingerprint density at radius 1 is 1.21 bits per heavy atom. The molecule has 1 saturated heterocycles. The highest BCUT2D eigenvalue weighted by atomic mass is 35.5. The second-order valence-electron chi connectivity index (χ2n) is 7.63. The van der Waals surface area contributed by atoms with Gasteiger partial charge < -0.3 is 10.1 Å². The van der Waals surface area contributed by atoms with Crippen molar-refractivity contribution in [2.45, 2.75) is 24.9 Å². The number of piperidine rings is 1. The van der Waals surface area contributed by atoms with Crippen molar-refractivity contribution in [2.24, 2.45) is 4.99 Å². The van der Waals surface area contributed by atoms with Gasteiger partial charge in [0.1, 0.15) is 11.6 Å². The molecule has 2 aliphatic rings. The minimum Gasteiger partial charge on any atom is -0.406 e. The van der Waals surface area contributed by atoms with Crippen molar-refractivity contribution in [1.29, 1.82) is 0 Å². The zero-order valence-corrected chi connectivity index (χ0v) is 17.8. The normalized spacial score (nSPS) is 18.0. The quantitative estimate of drug-likeness (QED) is 0.623. The number of hydrogen-bond acceptors (Lipinski definition) is 6. The van der Waals surface area contributed by atoms with Crippen LogP contribution >= 0.6 is 11.6 Å². The molecule has 1 fully saturated rings. The molecule has 12 heteroatoms. The average molecular weight is 487 g/mol. The monoisotopic (exact) mass is 486 g/mol. The van der Waals surface area contributed by atoms with Crippen LogP contribution in [0.4, 0.5) is 23.2 Å². The highest BCUT2D eigenvalue weighted by Gasteiger charge is 2.40. The van der Waals surface area contributed by atoms with E-state index in [0.717, 1.165) is 6.07 Å². The molecule has 0 bridgehead atoms. The maximum absolute atomic E-state index is 13.4. The second-order valence-corrected chi connectivity index (χ2v) is 8.04. The molecule has 2 aromatic rings. The molecule has 176 valence electrons. The fourth-order valence-electron chi connectivity index (χ4n) is 3.59. The lowest BCUT2D eigenvalue weighted by Gasteiger charge is -2.35. The zero-order valence-electron chi connectivity index (χ0n) is 17.1. The van der Waals surface area contributed by atoms with Crippen LogP contribution in [-0.2, 0) is 9.63 Å².